The van der Waals surface area contributed by atoms with Gasteiger partial charge in [-0.15, -0.1) is 0 Å². The van der Waals surface area contributed by atoms with Crippen molar-refractivity contribution in [1.82, 2.24) is 9.38 Å². The molecule has 0 unspecified atom stereocenters. The number of ether oxygens (including phenoxy) is 1. The van der Waals surface area contributed by atoms with Crippen molar-refractivity contribution in [3.63, 3.8) is 0 Å². The van der Waals surface area contributed by atoms with Crippen LogP contribution >= 0.6 is 11.3 Å². The predicted molar refractivity (Wildman–Crippen MR) is 126 cm³/mol. The molecular weight excluding hydrogens is 406 g/mol. The minimum atomic E-state index is -0.115. The lowest BCUT2D eigenvalue weighted by Gasteiger charge is -2.06. The second-order valence-corrected chi connectivity index (χ2v) is 8.31. The Balaban J connectivity index is 1.42. The van der Waals surface area contributed by atoms with E-state index in [1.165, 1.54) is 5.56 Å². The molecule has 3 aromatic carbocycles. The predicted octanol–water partition coefficient (Wildman–Crippen LogP) is 6.04. The van der Waals surface area contributed by atoms with Crippen molar-refractivity contribution in [2.24, 2.45) is 0 Å². The molecule has 1 amide bonds. The molecule has 0 aliphatic rings. The fraction of sp³-hybridized carbons (Fsp3) is 0.120. The molecule has 2 heterocycles. The van der Waals surface area contributed by atoms with Crippen LogP contribution in [0.5, 0.6) is 5.75 Å². The molecular formula is C25H21N3O2S. The highest BCUT2D eigenvalue weighted by Gasteiger charge is 2.13. The van der Waals surface area contributed by atoms with Gasteiger partial charge in [-0.3, -0.25) is 9.20 Å². The van der Waals surface area contributed by atoms with Crippen LogP contribution in [-0.4, -0.2) is 22.4 Å². The number of fused-ring (bicyclic) bond motifs is 3. The van der Waals surface area contributed by atoms with E-state index in [2.05, 4.69) is 16.6 Å². The number of rotatable bonds is 5. The molecule has 6 heteroatoms. The third-order valence-electron chi connectivity index (χ3n) is 5.36. The van der Waals surface area contributed by atoms with Gasteiger partial charge in [0.25, 0.3) is 5.91 Å². The number of carbonyl (C=O) groups is 1. The Kier molecular flexibility index (Phi) is 4.92. The Labute approximate surface area is 183 Å². The van der Waals surface area contributed by atoms with E-state index in [0.717, 1.165) is 44.3 Å². The zero-order chi connectivity index (χ0) is 21.4. The molecule has 0 saturated carbocycles. The molecule has 0 spiro atoms. The number of methoxy groups -OCH3 is 1. The number of anilines is 1. The van der Waals surface area contributed by atoms with Crippen LogP contribution in [0.15, 0.2) is 72.9 Å². The summed E-state index contributed by atoms with van der Waals surface area (Å²) in [4.78, 5) is 18.4. The second kappa shape index (κ2) is 7.89. The molecule has 0 radical (unpaired) electrons. The molecule has 5 rings (SSSR count). The Morgan fingerprint density at radius 1 is 1.06 bits per heavy atom. The summed E-state index contributed by atoms with van der Waals surface area (Å²) < 4.78 is 8.33. The van der Waals surface area contributed by atoms with E-state index in [4.69, 9.17) is 9.72 Å². The molecule has 0 aliphatic carbocycles. The van der Waals surface area contributed by atoms with E-state index in [1.807, 2.05) is 72.9 Å². The van der Waals surface area contributed by atoms with Gasteiger partial charge in [-0.05, 0) is 66.6 Å². The van der Waals surface area contributed by atoms with E-state index in [-0.39, 0.29) is 5.91 Å². The van der Waals surface area contributed by atoms with Crippen molar-refractivity contribution in [2.75, 3.05) is 12.4 Å². The van der Waals surface area contributed by atoms with Crippen LogP contribution in [0.1, 0.15) is 22.8 Å². The zero-order valence-corrected chi connectivity index (χ0v) is 18.1. The maximum Gasteiger partial charge on any atom is 0.255 e. The highest BCUT2D eigenvalue weighted by atomic mass is 32.1. The number of hydrogen-bond donors (Lipinski definition) is 1. The van der Waals surface area contributed by atoms with E-state index in [0.29, 0.717) is 5.56 Å². The minimum Gasteiger partial charge on any atom is -0.497 e. The summed E-state index contributed by atoms with van der Waals surface area (Å²) >= 11 is 1.57. The molecule has 1 N–H and O–H groups in total. The first-order chi connectivity index (χ1) is 15.1. The maximum absolute atomic E-state index is 12.7. The first-order valence-electron chi connectivity index (χ1n) is 10.1. The van der Waals surface area contributed by atoms with E-state index in [9.17, 15) is 4.79 Å². The number of nitrogens with zero attached hydrogens (tertiary/aromatic N) is 2. The lowest BCUT2D eigenvalue weighted by Crippen LogP contribution is -2.11. The van der Waals surface area contributed by atoms with Crippen LogP contribution in [0.2, 0.25) is 0 Å². The summed E-state index contributed by atoms with van der Waals surface area (Å²) in [5.41, 5.74) is 5.66. The average molecular weight is 428 g/mol. The molecule has 154 valence electrons. The topological polar surface area (TPSA) is 55.6 Å². The van der Waals surface area contributed by atoms with Crippen molar-refractivity contribution in [3.8, 4) is 17.0 Å². The molecule has 0 bridgehead atoms. The Hall–Kier alpha value is -3.64. The maximum atomic E-state index is 12.7. The molecule has 5 aromatic rings. The smallest absolute Gasteiger partial charge is 0.255 e. The van der Waals surface area contributed by atoms with Gasteiger partial charge >= 0.3 is 0 Å². The number of imidazole rings is 1. The van der Waals surface area contributed by atoms with Crippen molar-refractivity contribution >= 4 is 38.1 Å². The van der Waals surface area contributed by atoms with Crippen LogP contribution in [0.25, 0.3) is 26.4 Å². The first kappa shape index (κ1) is 19.3. The zero-order valence-electron chi connectivity index (χ0n) is 17.3. The van der Waals surface area contributed by atoms with Gasteiger partial charge in [0.05, 0.1) is 23.0 Å². The molecule has 0 saturated heterocycles. The second-order valence-electron chi connectivity index (χ2n) is 7.30. The first-order valence-corrected chi connectivity index (χ1v) is 10.9. The Morgan fingerprint density at radius 2 is 1.84 bits per heavy atom. The van der Waals surface area contributed by atoms with Crippen molar-refractivity contribution in [2.45, 2.75) is 13.3 Å². The summed E-state index contributed by atoms with van der Waals surface area (Å²) in [5.74, 6) is 0.707. The van der Waals surface area contributed by atoms with E-state index in [1.54, 1.807) is 18.4 Å². The lowest BCUT2D eigenvalue weighted by atomic mass is 10.1. The number of amides is 1. The average Bonchev–Trinajstić information content (AvgIpc) is 3.37. The SMILES string of the molecule is CCc1ccc(NC(=O)c2ccc3c(c2)sc2nc(-c4ccc(OC)cc4)cn23)cc1. The van der Waals surface area contributed by atoms with Gasteiger partial charge in [-0.1, -0.05) is 30.4 Å². The highest BCUT2D eigenvalue weighted by Crippen LogP contribution is 2.31. The largest absolute Gasteiger partial charge is 0.497 e. The standard InChI is InChI=1S/C25H21N3O2S/c1-3-16-4-9-19(10-5-16)26-24(29)18-8-13-22-23(14-18)31-25-27-21(15-28(22)25)17-6-11-20(30-2)12-7-17/h4-15H,3H2,1-2H3,(H,26,29). The molecule has 0 atom stereocenters. The van der Waals surface area contributed by atoms with Gasteiger partial charge in [0.15, 0.2) is 4.96 Å². The Morgan fingerprint density at radius 3 is 2.55 bits per heavy atom. The van der Waals surface area contributed by atoms with Gasteiger partial charge in [-0.2, -0.15) is 0 Å². The van der Waals surface area contributed by atoms with Gasteiger partial charge < -0.3 is 10.1 Å². The number of aryl methyl sites for hydroxylation is 1. The van der Waals surface area contributed by atoms with Crippen molar-refractivity contribution in [1.29, 1.82) is 0 Å². The fourth-order valence-electron chi connectivity index (χ4n) is 3.57. The van der Waals surface area contributed by atoms with Gasteiger partial charge in [0.1, 0.15) is 5.75 Å². The molecule has 5 nitrogen and oxygen atoms in total. The normalized spacial score (nSPS) is 11.2. The number of carbonyl (C=O) groups excluding carboxylic acids is 1. The number of hydrogen-bond acceptors (Lipinski definition) is 4. The lowest BCUT2D eigenvalue weighted by molar-refractivity contribution is 0.102. The summed E-state index contributed by atoms with van der Waals surface area (Å²) in [6, 6.07) is 21.6. The molecule has 0 aliphatic heterocycles. The fourth-order valence-corrected chi connectivity index (χ4v) is 4.62. The number of thiazole rings is 1. The minimum absolute atomic E-state index is 0.115. The van der Waals surface area contributed by atoms with Gasteiger partial charge in [0.2, 0.25) is 0 Å². The quantitative estimate of drug-likeness (QED) is 0.372. The number of aromatic nitrogens is 2. The van der Waals surface area contributed by atoms with Crippen molar-refractivity contribution < 1.29 is 9.53 Å². The van der Waals surface area contributed by atoms with E-state index < -0.39 is 0 Å². The van der Waals surface area contributed by atoms with Gasteiger partial charge in [0, 0.05) is 23.0 Å². The van der Waals surface area contributed by atoms with Crippen LogP contribution < -0.4 is 10.1 Å². The number of benzene rings is 3. The van der Waals surface area contributed by atoms with Crippen LogP contribution in [0, 0.1) is 0 Å². The molecule has 31 heavy (non-hydrogen) atoms. The summed E-state index contributed by atoms with van der Waals surface area (Å²) in [6.07, 6.45) is 3.01. The summed E-state index contributed by atoms with van der Waals surface area (Å²) in [6.45, 7) is 2.11. The monoisotopic (exact) mass is 427 g/mol. The summed E-state index contributed by atoms with van der Waals surface area (Å²) in [7, 11) is 1.66. The van der Waals surface area contributed by atoms with E-state index >= 15 is 0 Å². The van der Waals surface area contributed by atoms with Crippen molar-refractivity contribution in [3.05, 3.63) is 84.1 Å². The van der Waals surface area contributed by atoms with Crippen LogP contribution in [-0.2, 0) is 6.42 Å². The van der Waals surface area contributed by atoms with Crippen LogP contribution in [0.4, 0.5) is 5.69 Å². The van der Waals surface area contributed by atoms with Gasteiger partial charge in [-0.25, -0.2) is 4.98 Å². The summed E-state index contributed by atoms with van der Waals surface area (Å²) in [5, 5.41) is 2.97. The third kappa shape index (κ3) is 3.66. The number of nitrogens with one attached hydrogen (secondary N) is 1. The molecule has 2 aromatic heterocycles. The third-order valence-corrected chi connectivity index (χ3v) is 6.38. The van der Waals surface area contributed by atoms with Crippen LogP contribution in [0.3, 0.4) is 0 Å². The highest BCUT2D eigenvalue weighted by molar-refractivity contribution is 7.23. The molecule has 0 fully saturated rings. The Bertz CT molecular complexity index is 1380.